The van der Waals surface area contributed by atoms with Crippen LogP contribution in [0.2, 0.25) is 0 Å². The zero-order valence-electron chi connectivity index (χ0n) is 10.8. The molecule has 100 valence electrons. The fraction of sp³-hybridized carbons (Fsp3) is 0.308. The van der Waals surface area contributed by atoms with Gasteiger partial charge in [-0.15, -0.1) is 0 Å². The number of hydrogen-bond acceptors (Lipinski definition) is 4. The summed E-state index contributed by atoms with van der Waals surface area (Å²) in [5, 5.41) is 2.67. The van der Waals surface area contributed by atoms with Gasteiger partial charge >= 0.3 is 0 Å². The summed E-state index contributed by atoms with van der Waals surface area (Å²) < 4.78 is 6.44. The minimum atomic E-state index is -0.296. The van der Waals surface area contributed by atoms with Gasteiger partial charge in [0.1, 0.15) is 0 Å². The molecule has 0 aliphatic heterocycles. The summed E-state index contributed by atoms with van der Waals surface area (Å²) in [5.74, 6) is -0.0413. The van der Waals surface area contributed by atoms with E-state index >= 15 is 0 Å². The molecule has 0 fully saturated rings. The van der Waals surface area contributed by atoms with Gasteiger partial charge in [-0.2, -0.15) is 0 Å². The molecule has 0 unspecified atom stereocenters. The number of aromatic nitrogens is 2. The van der Waals surface area contributed by atoms with Crippen LogP contribution in [-0.2, 0) is 6.54 Å². The molecule has 0 saturated heterocycles. The normalized spacial score (nSPS) is 10.4. The maximum absolute atomic E-state index is 11.9. The van der Waals surface area contributed by atoms with Gasteiger partial charge < -0.3 is 9.73 Å². The first-order chi connectivity index (χ1) is 9.09. The Bertz CT molecular complexity index is 629. The second kappa shape index (κ2) is 5.51. The van der Waals surface area contributed by atoms with Crippen LogP contribution >= 0.6 is 0 Å². The van der Waals surface area contributed by atoms with Crippen molar-refractivity contribution in [3.05, 3.63) is 52.1 Å². The largest absolute Gasteiger partial charge is 0.459 e. The molecule has 2 heterocycles. The van der Waals surface area contributed by atoms with Gasteiger partial charge in [-0.05, 0) is 26.0 Å². The van der Waals surface area contributed by atoms with Gasteiger partial charge in [-0.3, -0.25) is 14.2 Å². The van der Waals surface area contributed by atoms with Crippen LogP contribution < -0.4 is 10.9 Å². The van der Waals surface area contributed by atoms with E-state index in [2.05, 4.69) is 10.3 Å². The van der Waals surface area contributed by atoms with E-state index < -0.39 is 0 Å². The van der Waals surface area contributed by atoms with Gasteiger partial charge in [-0.25, -0.2) is 4.98 Å². The Morgan fingerprint density at radius 2 is 2.26 bits per heavy atom. The van der Waals surface area contributed by atoms with E-state index in [0.29, 0.717) is 18.7 Å². The number of aryl methyl sites for hydroxylation is 1. The van der Waals surface area contributed by atoms with Crippen LogP contribution in [0.4, 0.5) is 0 Å². The van der Waals surface area contributed by atoms with Crippen molar-refractivity contribution in [2.75, 3.05) is 6.54 Å². The van der Waals surface area contributed by atoms with E-state index in [1.54, 1.807) is 26.0 Å². The molecule has 0 bridgehead atoms. The van der Waals surface area contributed by atoms with Crippen molar-refractivity contribution in [3.8, 4) is 0 Å². The highest BCUT2D eigenvalue weighted by atomic mass is 16.3. The van der Waals surface area contributed by atoms with Crippen LogP contribution in [0, 0.1) is 13.8 Å². The molecule has 0 aromatic carbocycles. The van der Waals surface area contributed by atoms with E-state index in [4.69, 9.17) is 4.42 Å². The molecule has 0 saturated carbocycles. The maximum atomic E-state index is 11.9. The first-order valence-corrected chi connectivity index (χ1v) is 5.94. The standard InChI is InChI=1S/C13H15N3O3/c1-9-10(2)15-8-16(13(9)18)6-5-14-12(17)11-4-3-7-19-11/h3-4,7-8H,5-6H2,1-2H3,(H,14,17). The maximum Gasteiger partial charge on any atom is 0.287 e. The summed E-state index contributed by atoms with van der Waals surface area (Å²) in [5.41, 5.74) is 1.26. The van der Waals surface area contributed by atoms with E-state index in [1.165, 1.54) is 17.2 Å². The fourth-order valence-electron chi connectivity index (χ4n) is 1.62. The summed E-state index contributed by atoms with van der Waals surface area (Å²) in [6, 6.07) is 3.23. The molecule has 0 atom stereocenters. The second-order valence-corrected chi connectivity index (χ2v) is 4.19. The number of furan rings is 1. The number of nitrogens with one attached hydrogen (secondary N) is 1. The summed E-state index contributed by atoms with van der Waals surface area (Å²) in [4.78, 5) is 27.6. The van der Waals surface area contributed by atoms with Crippen molar-refractivity contribution in [3.63, 3.8) is 0 Å². The molecule has 19 heavy (non-hydrogen) atoms. The van der Waals surface area contributed by atoms with Crippen molar-refractivity contribution in [1.29, 1.82) is 0 Å². The smallest absolute Gasteiger partial charge is 0.287 e. The highest BCUT2D eigenvalue weighted by Gasteiger charge is 2.08. The molecule has 1 amide bonds. The molecule has 1 N–H and O–H groups in total. The average molecular weight is 261 g/mol. The van der Waals surface area contributed by atoms with Crippen molar-refractivity contribution in [1.82, 2.24) is 14.9 Å². The zero-order chi connectivity index (χ0) is 13.8. The lowest BCUT2D eigenvalue weighted by atomic mass is 10.3. The van der Waals surface area contributed by atoms with Crippen molar-refractivity contribution in [2.45, 2.75) is 20.4 Å². The van der Waals surface area contributed by atoms with E-state index in [1.807, 2.05) is 0 Å². The average Bonchev–Trinajstić information content (AvgIpc) is 2.92. The lowest BCUT2D eigenvalue weighted by Crippen LogP contribution is -2.31. The predicted molar refractivity (Wildman–Crippen MR) is 69.0 cm³/mol. The molecule has 0 aliphatic rings. The number of rotatable bonds is 4. The third kappa shape index (κ3) is 2.90. The lowest BCUT2D eigenvalue weighted by molar-refractivity contribution is 0.0924. The van der Waals surface area contributed by atoms with Crippen LogP contribution in [0.3, 0.4) is 0 Å². The van der Waals surface area contributed by atoms with Crippen molar-refractivity contribution in [2.24, 2.45) is 0 Å². The van der Waals surface area contributed by atoms with Crippen LogP contribution in [0.15, 0.2) is 33.9 Å². The van der Waals surface area contributed by atoms with Crippen LogP contribution in [-0.4, -0.2) is 22.0 Å². The summed E-state index contributed by atoms with van der Waals surface area (Å²) >= 11 is 0. The molecule has 6 nitrogen and oxygen atoms in total. The molecule has 0 aliphatic carbocycles. The zero-order valence-corrected chi connectivity index (χ0v) is 10.8. The second-order valence-electron chi connectivity index (χ2n) is 4.19. The molecule has 0 spiro atoms. The van der Waals surface area contributed by atoms with Gasteiger partial charge in [-0.1, -0.05) is 0 Å². The quantitative estimate of drug-likeness (QED) is 0.886. The van der Waals surface area contributed by atoms with Crippen LogP contribution in [0.25, 0.3) is 0 Å². The first-order valence-electron chi connectivity index (χ1n) is 5.94. The Balaban J connectivity index is 1.95. The lowest BCUT2D eigenvalue weighted by Gasteiger charge is -2.08. The molecular weight excluding hydrogens is 246 g/mol. The highest BCUT2D eigenvalue weighted by molar-refractivity contribution is 5.91. The van der Waals surface area contributed by atoms with Gasteiger partial charge in [0.2, 0.25) is 0 Å². The number of hydrogen-bond donors (Lipinski definition) is 1. The van der Waals surface area contributed by atoms with Crippen molar-refractivity contribution >= 4 is 5.91 Å². The van der Waals surface area contributed by atoms with Crippen molar-refractivity contribution < 1.29 is 9.21 Å². The van der Waals surface area contributed by atoms with Crippen LogP contribution in [0.5, 0.6) is 0 Å². The summed E-state index contributed by atoms with van der Waals surface area (Å²) in [6.45, 7) is 4.24. The molecule has 2 rings (SSSR count). The minimum Gasteiger partial charge on any atom is -0.459 e. The Morgan fingerprint density at radius 3 is 2.95 bits per heavy atom. The number of carbonyl (C=O) groups is 1. The topological polar surface area (TPSA) is 77.1 Å². The third-order valence-corrected chi connectivity index (χ3v) is 2.90. The Labute approximate surface area is 110 Å². The van der Waals surface area contributed by atoms with E-state index in [9.17, 15) is 9.59 Å². The molecular formula is C13H15N3O3. The Morgan fingerprint density at radius 1 is 1.47 bits per heavy atom. The summed E-state index contributed by atoms with van der Waals surface area (Å²) in [7, 11) is 0. The number of amides is 1. The van der Waals surface area contributed by atoms with Gasteiger partial charge in [0, 0.05) is 24.3 Å². The summed E-state index contributed by atoms with van der Waals surface area (Å²) in [6.07, 6.45) is 2.93. The number of nitrogens with zero attached hydrogens (tertiary/aromatic N) is 2. The molecule has 2 aromatic heterocycles. The third-order valence-electron chi connectivity index (χ3n) is 2.90. The minimum absolute atomic E-state index is 0.0836. The van der Waals surface area contributed by atoms with Gasteiger partial charge in [0.15, 0.2) is 5.76 Å². The van der Waals surface area contributed by atoms with E-state index in [0.717, 1.165) is 5.69 Å². The number of carbonyl (C=O) groups excluding carboxylic acids is 1. The SMILES string of the molecule is Cc1ncn(CCNC(=O)c2ccco2)c(=O)c1C. The Hall–Kier alpha value is -2.37. The highest BCUT2D eigenvalue weighted by Crippen LogP contribution is 1.99. The van der Waals surface area contributed by atoms with Crippen LogP contribution in [0.1, 0.15) is 21.8 Å². The molecule has 6 heteroatoms. The van der Waals surface area contributed by atoms with E-state index in [-0.39, 0.29) is 17.2 Å². The molecule has 0 radical (unpaired) electrons. The van der Waals surface area contributed by atoms with Gasteiger partial charge in [0.25, 0.3) is 11.5 Å². The predicted octanol–water partition coefficient (Wildman–Crippen LogP) is 0.883. The monoisotopic (exact) mass is 261 g/mol. The Kier molecular flexibility index (Phi) is 3.79. The first kappa shape index (κ1) is 13.1. The molecule has 2 aromatic rings. The fourth-order valence-corrected chi connectivity index (χ4v) is 1.62. The van der Waals surface area contributed by atoms with Gasteiger partial charge in [0.05, 0.1) is 12.6 Å².